The summed E-state index contributed by atoms with van der Waals surface area (Å²) in [5, 5.41) is 0. The van der Waals surface area contributed by atoms with Crippen LogP contribution < -0.4 is 5.73 Å². The standard InChI is InChI=1S/C14H27N3O4S.ClH/c1-11-3-8-17(13(9-11)10-15)22(19,20)16-6-4-12(5-7-16)14(18)21-2;/h11-13H,3-10,15H2,1-2H3;1H. The zero-order valence-corrected chi connectivity index (χ0v) is 15.4. The fourth-order valence-corrected chi connectivity index (χ4v) is 5.24. The molecule has 2 heterocycles. The van der Waals surface area contributed by atoms with Crippen LogP contribution in [0.2, 0.25) is 0 Å². The minimum absolute atomic E-state index is 0. The maximum Gasteiger partial charge on any atom is 0.308 e. The molecule has 0 aromatic carbocycles. The normalized spacial score (nSPS) is 28.1. The van der Waals surface area contributed by atoms with Crippen LogP contribution in [0, 0.1) is 11.8 Å². The summed E-state index contributed by atoms with van der Waals surface area (Å²) in [6, 6.07) is -0.118. The van der Waals surface area contributed by atoms with E-state index >= 15 is 0 Å². The first kappa shape index (κ1) is 20.6. The Bertz CT molecular complexity index is 494. The first-order chi connectivity index (χ1) is 10.4. The molecule has 0 amide bonds. The van der Waals surface area contributed by atoms with Crippen molar-refractivity contribution >= 4 is 28.6 Å². The Morgan fingerprint density at radius 3 is 2.35 bits per heavy atom. The lowest BCUT2D eigenvalue weighted by molar-refractivity contribution is -0.146. The van der Waals surface area contributed by atoms with Crippen LogP contribution in [0.4, 0.5) is 0 Å². The van der Waals surface area contributed by atoms with Gasteiger partial charge in [-0.05, 0) is 31.6 Å². The summed E-state index contributed by atoms with van der Waals surface area (Å²) in [4.78, 5) is 11.5. The average molecular weight is 370 g/mol. The fourth-order valence-electron chi connectivity index (χ4n) is 3.38. The van der Waals surface area contributed by atoms with Crippen molar-refractivity contribution in [3.05, 3.63) is 0 Å². The third kappa shape index (κ3) is 4.57. The Labute approximate surface area is 145 Å². The topological polar surface area (TPSA) is 92.9 Å². The predicted octanol–water partition coefficient (Wildman–Crippen LogP) is 0.597. The van der Waals surface area contributed by atoms with Gasteiger partial charge in [0.05, 0.1) is 13.0 Å². The van der Waals surface area contributed by atoms with E-state index in [1.807, 2.05) is 0 Å². The molecule has 2 fully saturated rings. The molecular weight excluding hydrogens is 342 g/mol. The number of nitrogens with two attached hydrogens (primary N) is 1. The van der Waals surface area contributed by atoms with Crippen molar-refractivity contribution < 1.29 is 17.9 Å². The molecule has 0 radical (unpaired) electrons. The first-order valence-corrected chi connectivity index (χ1v) is 9.34. The number of piperidine rings is 2. The highest BCUT2D eigenvalue weighted by Crippen LogP contribution is 2.28. The number of hydrogen-bond acceptors (Lipinski definition) is 5. The van der Waals surface area contributed by atoms with E-state index in [1.54, 1.807) is 4.31 Å². The number of ether oxygens (including phenoxy) is 1. The SMILES string of the molecule is COC(=O)C1CCN(S(=O)(=O)N2CCC(C)CC2CN)CC1.Cl. The van der Waals surface area contributed by atoms with Crippen molar-refractivity contribution in [2.75, 3.05) is 33.3 Å². The fraction of sp³-hybridized carbons (Fsp3) is 0.929. The number of rotatable bonds is 4. The molecule has 2 rings (SSSR count). The molecule has 0 aromatic rings. The van der Waals surface area contributed by atoms with E-state index in [1.165, 1.54) is 11.4 Å². The lowest BCUT2D eigenvalue weighted by Gasteiger charge is -2.41. The third-order valence-electron chi connectivity index (χ3n) is 4.81. The van der Waals surface area contributed by atoms with E-state index in [9.17, 15) is 13.2 Å². The molecule has 2 aliphatic heterocycles. The summed E-state index contributed by atoms with van der Waals surface area (Å²) in [6.07, 6.45) is 2.72. The largest absolute Gasteiger partial charge is 0.469 e. The number of methoxy groups -OCH3 is 1. The van der Waals surface area contributed by atoms with E-state index < -0.39 is 10.2 Å². The highest BCUT2D eigenvalue weighted by atomic mass is 35.5. The second kappa shape index (κ2) is 8.62. The number of nitrogens with zero attached hydrogens (tertiary/aromatic N) is 2. The molecule has 0 saturated carbocycles. The molecule has 136 valence electrons. The van der Waals surface area contributed by atoms with Gasteiger partial charge in [0, 0.05) is 32.2 Å². The molecule has 7 nitrogen and oxygen atoms in total. The van der Waals surface area contributed by atoms with Gasteiger partial charge in [0.15, 0.2) is 0 Å². The predicted molar refractivity (Wildman–Crippen MR) is 90.4 cm³/mol. The second-order valence-electron chi connectivity index (χ2n) is 6.33. The number of hydrogen-bond donors (Lipinski definition) is 1. The van der Waals surface area contributed by atoms with Gasteiger partial charge in [-0.2, -0.15) is 17.0 Å². The molecule has 23 heavy (non-hydrogen) atoms. The summed E-state index contributed by atoms with van der Waals surface area (Å²) in [5.74, 6) is 0.0666. The molecule has 0 aromatic heterocycles. The van der Waals surface area contributed by atoms with Gasteiger partial charge in [-0.15, -0.1) is 12.4 Å². The minimum atomic E-state index is -3.49. The zero-order valence-electron chi connectivity index (χ0n) is 13.8. The number of carbonyl (C=O) groups excluding carboxylic acids is 1. The van der Waals surface area contributed by atoms with E-state index in [4.69, 9.17) is 10.5 Å². The van der Waals surface area contributed by atoms with Crippen molar-refractivity contribution in [1.82, 2.24) is 8.61 Å². The number of esters is 1. The molecule has 2 unspecified atom stereocenters. The highest BCUT2D eigenvalue weighted by molar-refractivity contribution is 7.86. The van der Waals surface area contributed by atoms with Crippen molar-refractivity contribution in [3.63, 3.8) is 0 Å². The molecule has 9 heteroatoms. The van der Waals surface area contributed by atoms with Gasteiger partial charge in [0.2, 0.25) is 0 Å². The van der Waals surface area contributed by atoms with Crippen LogP contribution in [0.15, 0.2) is 0 Å². The average Bonchev–Trinajstić information content (AvgIpc) is 2.53. The van der Waals surface area contributed by atoms with Crippen molar-refractivity contribution in [2.24, 2.45) is 17.6 Å². The lowest BCUT2D eigenvalue weighted by atomic mass is 9.94. The van der Waals surface area contributed by atoms with Gasteiger partial charge in [0.25, 0.3) is 10.2 Å². The molecule has 0 bridgehead atoms. The van der Waals surface area contributed by atoms with Crippen molar-refractivity contribution in [1.29, 1.82) is 0 Å². The lowest BCUT2D eigenvalue weighted by Crippen LogP contribution is -2.55. The quantitative estimate of drug-likeness (QED) is 0.732. The molecule has 2 aliphatic rings. The van der Waals surface area contributed by atoms with Crippen LogP contribution in [-0.2, 0) is 19.7 Å². The Hall–Kier alpha value is -0.410. The van der Waals surface area contributed by atoms with Gasteiger partial charge in [-0.25, -0.2) is 0 Å². The van der Waals surface area contributed by atoms with Crippen LogP contribution in [0.25, 0.3) is 0 Å². The second-order valence-corrected chi connectivity index (χ2v) is 8.22. The van der Waals surface area contributed by atoms with Gasteiger partial charge in [0.1, 0.15) is 0 Å². The monoisotopic (exact) mass is 369 g/mol. The van der Waals surface area contributed by atoms with Gasteiger partial charge in [-0.1, -0.05) is 6.92 Å². The van der Waals surface area contributed by atoms with Crippen LogP contribution >= 0.6 is 12.4 Å². The van der Waals surface area contributed by atoms with Gasteiger partial charge in [-0.3, -0.25) is 4.79 Å². The van der Waals surface area contributed by atoms with Crippen molar-refractivity contribution in [3.8, 4) is 0 Å². The maximum atomic E-state index is 12.8. The van der Waals surface area contributed by atoms with E-state index in [2.05, 4.69) is 6.92 Å². The zero-order chi connectivity index (χ0) is 16.3. The third-order valence-corrected chi connectivity index (χ3v) is 6.90. The number of halogens is 1. The van der Waals surface area contributed by atoms with E-state index in [0.717, 1.165) is 12.8 Å². The number of carbonyl (C=O) groups is 1. The van der Waals surface area contributed by atoms with E-state index in [-0.39, 0.29) is 30.3 Å². The summed E-state index contributed by atoms with van der Waals surface area (Å²) >= 11 is 0. The molecular formula is C14H28ClN3O4S. The molecule has 0 aliphatic carbocycles. The van der Waals surface area contributed by atoms with Gasteiger partial charge < -0.3 is 10.5 Å². The highest BCUT2D eigenvalue weighted by Gasteiger charge is 2.39. The summed E-state index contributed by atoms with van der Waals surface area (Å²) in [5.41, 5.74) is 5.78. The molecule has 2 atom stereocenters. The first-order valence-electron chi connectivity index (χ1n) is 7.95. The maximum absolute atomic E-state index is 12.8. The Morgan fingerprint density at radius 2 is 1.83 bits per heavy atom. The smallest absolute Gasteiger partial charge is 0.308 e. The molecule has 2 saturated heterocycles. The van der Waals surface area contributed by atoms with E-state index in [0.29, 0.717) is 44.9 Å². The van der Waals surface area contributed by atoms with Crippen molar-refractivity contribution in [2.45, 2.75) is 38.6 Å². The van der Waals surface area contributed by atoms with Crippen LogP contribution in [-0.4, -0.2) is 62.3 Å². The molecule has 2 N–H and O–H groups in total. The summed E-state index contributed by atoms with van der Waals surface area (Å²) in [6.45, 7) is 3.75. The minimum Gasteiger partial charge on any atom is -0.469 e. The summed E-state index contributed by atoms with van der Waals surface area (Å²) in [7, 11) is -2.12. The van der Waals surface area contributed by atoms with Crippen LogP contribution in [0.5, 0.6) is 0 Å². The Balaban J connectivity index is 0.00000264. The van der Waals surface area contributed by atoms with Gasteiger partial charge >= 0.3 is 5.97 Å². The Kier molecular flexibility index (Phi) is 7.73. The van der Waals surface area contributed by atoms with Crippen LogP contribution in [0.3, 0.4) is 0 Å². The Morgan fingerprint density at radius 1 is 1.22 bits per heavy atom. The molecule has 0 spiro atoms. The van der Waals surface area contributed by atoms with Crippen LogP contribution in [0.1, 0.15) is 32.6 Å². The summed E-state index contributed by atoms with van der Waals surface area (Å²) < 4.78 is 33.5.